The highest BCUT2D eigenvalue weighted by Gasteiger charge is 2.15. The van der Waals surface area contributed by atoms with Crippen molar-refractivity contribution in [2.45, 2.75) is 6.92 Å². The molecule has 2 aromatic carbocycles. The Hall–Kier alpha value is -2.60. The highest BCUT2D eigenvalue weighted by molar-refractivity contribution is 7.22. The molecule has 3 aromatic rings. The molecule has 0 atom stereocenters. The number of carbonyl (C=O) groups is 1. The lowest BCUT2D eigenvalue weighted by Gasteiger charge is -2.14. The highest BCUT2D eigenvalue weighted by Crippen LogP contribution is 2.28. The third-order valence-corrected chi connectivity index (χ3v) is 4.55. The van der Waals surface area contributed by atoms with E-state index in [0.717, 1.165) is 16.0 Å². The highest BCUT2D eigenvalue weighted by atomic mass is 32.1. The second kappa shape index (κ2) is 7.31. The van der Waals surface area contributed by atoms with Gasteiger partial charge in [0, 0.05) is 7.05 Å². The number of likely N-dealkylation sites (N-methyl/N-ethyl adjacent to an activating group) is 1. The summed E-state index contributed by atoms with van der Waals surface area (Å²) in [5, 5.41) is 0.663. The summed E-state index contributed by atoms with van der Waals surface area (Å²) in [6.45, 7) is 2.51. The van der Waals surface area contributed by atoms with E-state index in [4.69, 9.17) is 9.47 Å². The van der Waals surface area contributed by atoms with Gasteiger partial charge >= 0.3 is 0 Å². The Labute approximate surface area is 144 Å². The minimum atomic E-state index is -0.150. The Kier molecular flexibility index (Phi) is 4.96. The number of ether oxygens (including phenoxy) is 2. The van der Waals surface area contributed by atoms with E-state index in [9.17, 15) is 4.79 Å². The number of aromatic nitrogens is 1. The van der Waals surface area contributed by atoms with E-state index in [2.05, 4.69) is 4.98 Å². The van der Waals surface area contributed by atoms with Gasteiger partial charge in [0.05, 0.1) is 16.8 Å². The maximum Gasteiger partial charge on any atom is 0.266 e. The normalized spacial score (nSPS) is 10.6. The first kappa shape index (κ1) is 16.3. The van der Waals surface area contributed by atoms with Gasteiger partial charge in [-0.3, -0.25) is 9.69 Å². The molecule has 0 spiro atoms. The summed E-state index contributed by atoms with van der Waals surface area (Å²) < 4.78 is 12.0. The van der Waals surface area contributed by atoms with Crippen molar-refractivity contribution in [1.82, 2.24) is 4.98 Å². The molecule has 0 radical (unpaired) electrons. The van der Waals surface area contributed by atoms with Gasteiger partial charge in [-0.2, -0.15) is 0 Å². The summed E-state index contributed by atoms with van der Waals surface area (Å²) in [5.41, 5.74) is 0.893. The average molecular weight is 342 g/mol. The SMILES string of the molecule is CCOc1ccc(OCC(=O)N(C)c2nc3ccccc3s2)cc1. The minimum absolute atomic E-state index is 0.0413. The molecular formula is C18H18N2O3S. The molecular weight excluding hydrogens is 324 g/mol. The second-order valence-corrected chi connectivity index (χ2v) is 6.12. The third-order valence-electron chi connectivity index (χ3n) is 3.44. The second-order valence-electron chi connectivity index (χ2n) is 5.11. The van der Waals surface area contributed by atoms with Crippen molar-refractivity contribution in [3.8, 4) is 11.5 Å². The van der Waals surface area contributed by atoms with Gasteiger partial charge in [-0.1, -0.05) is 23.5 Å². The number of carbonyl (C=O) groups excluding carboxylic acids is 1. The molecule has 3 rings (SSSR count). The Bertz CT molecular complexity index is 797. The summed E-state index contributed by atoms with van der Waals surface area (Å²) in [5.74, 6) is 1.26. The van der Waals surface area contributed by atoms with Gasteiger partial charge in [0.1, 0.15) is 11.5 Å². The minimum Gasteiger partial charge on any atom is -0.494 e. The van der Waals surface area contributed by atoms with Crippen LogP contribution in [0.25, 0.3) is 10.2 Å². The van der Waals surface area contributed by atoms with Crippen molar-refractivity contribution < 1.29 is 14.3 Å². The summed E-state index contributed by atoms with van der Waals surface area (Å²) in [6.07, 6.45) is 0. The first-order valence-corrected chi connectivity index (χ1v) is 8.47. The number of benzene rings is 2. The lowest BCUT2D eigenvalue weighted by molar-refractivity contribution is -0.120. The number of anilines is 1. The molecule has 5 nitrogen and oxygen atoms in total. The first-order valence-electron chi connectivity index (χ1n) is 7.65. The number of thiazole rings is 1. The Morgan fingerprint density at radius 1 is 1.08 bits per heavy atom. The van der Waals surface area contributed by atoms with Crippen molar-refractivity contribution in [3.05, 3.63) is 48.5 Å². The van der Waals surface area contributed by atoms with Crippen LogP contribution in [-0.2, 0) is 4.79 Å². The van der Waals surface area contributed by atoms with E-state index in [0.29, 0.717) is 17.5 Å². The van der Waals surface area contributed by atoms with Crippen LogP contribution >= 0.6 is 11.3 Å². The van der Waals surface area contributed by atoms with Crippen molar-refractivity contribution in [3.63, 3.8) is 0 Å². The van der Waals surface area contributed by atoms with E-state index in [1.165, 1.54) is 16.2 Å². The number of nitrogens with zero attached hydrogens (tertiary/aromatic N) is 2. The van der Waals surface area contributed by atoms with Crippen LogP contribution in [0.2, 0.25) is 0 Å². The Morgan fingerprint density at radius 3 is 2.42 bits per heavy atom. The number of para-hydroxylation sites is 1. The van der Waals surface area contributed by atoms with Crippen LogP contribution in [0.1, 0.15) is 6.92 Å². The fraction of sp³-hybridized carbons (Fsp3) is 0.222. The number of fused-ring (bicyclic) bond motifs is 1. The quantitative estimate of drug-likeness (QED) is 0.685. The summed E-state index contributed by atoms with van der Waals surface area (Å²) in [6, 6.07) is 15.0. The monoisotopic (exact) mass is 342 g/mol. The molecule has 1 aromatic heterocycles. The van der Waals surface area contributed by atoms with Crippen molar-refractivity contribution in [2.24, 2.45) is 0 Å². The fourth-order valence-corrected chi connectivity index (χ4v) is 3.10. The molecule has 0 saturated heterocycles. The topological polar surface area (TPSA) is 51.7 Å². The predicted molar refractivity (Wildman–Crippen MR) is 96.1 cm³/mol. The van der Waals surface area contributed by atoms with Crippen LogP contribution in [0.4, 0.5) is 5.13 Å². The van der Waals surface area contributed by atoms with E-state index < -0.39 is 0 Å². The van der Waals surface area contributed by atoms with E-state index >= 15 is 0 Å². The van der Waals surface area contributed by atoms with Gasteiger partial charge < -0.3 is 9.47 Å². The number of rotatable bonds is 6. The average Bonchev–Trinajstić information content (AvgIpc) is 3.04. The summed E-state index contributed by atoms with van der Waals surface area (Å²) >= 11 is 1.48. The van der Waals surface area contributed by atoms with Gasteiger partial charge in [0.2, 0.25) is 0 Å². The first-order chi connectivity index (χ1) is 11.7. The maximum absolute atomic E-state index is 12.3. The van der Waals surface area contributed by atoms with Crippen molar-refractivity contribution >= 4 is 32.6 Å². The van der Waals surface area contributed by atoms with Crippen LogP contribution in [-0.4, -0.2) is 31.2 Å². The molecule has 124 valence electrons. The van der Waals surface area contributed by atoms with Crippen LogP contribution in [0.3, 0.4) is 0 Å². The molecule has 0 aliphatic heterocycles. The third kappa shape index (κ3) is 3.65. The van der Waals surface area contributed by atoms with Crippen LogP contribution in [0.5, 0.6) is 11.5 Å². The fourth-order valence-electron chi connectivity index (χ4n) is 2.15. The number of hydrogen-bond donors (Lipinski definition) is 0. The molecule has 0 bridgehead atoms. The van der Waals surface area contributed by atoms with E-state index in [1.54, 1.807) is 19.2 Å². The maximum atomic E-state index is 12.3. The van der Waals surface area contributed by atoms with Gasteiger partial charge in [-0.25, -0.2) is 4.98 Å². The van der Waals surface area contributed by atoms with Gasteiger partial charge in [-0.15, -0.1) is 0 Å². The standard InChI is InChI=1S/C18H18N2O3S/c1-3-22-13-8-10-14(11-9-13)23-12-17(21)20(2)18-19-15-6-4-5-7-16(15)24-18/h4-11H,3,12H2,1-2H3. The Morgan fingerprint density at radius 2 is 1.75 bits per heavy atom. The Balaban J connectivity index is 1.61. The number of hydrogen-bond acceptors (Lipinski definition) is 5. The molecule has 24 heavy (non-hydrogen) atoms. The molecule has 0 aliphatic rings. The molecule has 0 aliphatic carbocycles. The lowest BCUT2D eigenvalue weighted by Crippen LogP contribution is -2.31. The molecule has 0 fully saturated rings. The van der Waals surface area contributed by atoms with Gasteiger partial charge in [0.15, 0.2) is 11.7 Å². The molecule has 1 amide bonds. The van der Waals surface area contributed by atoms with Crippen LogP contribution in [0.15, 0.2) is 48.5 Å². The molecule has 0 saturated carbocycles. The van der Waals surface area contributed by atoms with E-state index in [-0.39, 0.29) is 12.5 Å². The molecule has 0 N–H and O–H groups in total. The smallest absolute Gasteiger partial charge is 0.266 e. The van der Waals surface area contributed by atoms with Crippen molar-refractivity contribution in [2.75, 3.05) is 25.2 Å². The van der Waals surface area contributed by atoms with Crippen molar-refractivity contribution in [1.29, 1.82) is 0 Å². The largest absolute Gasteiger partial charge is 0.494 e. The summed E-state index contributed by atoms with van der Waals surface area (Å²) in [4.78, 5) is 18.3. The van der Waals surface area contributed by atoms with Crippen LogP contribution < -0.4 is 14.4 Å². The van der Waals surface area contributed by atoms with Gasteiger partial charge in [0.25, 0.3) is 5.91 Å². The zero-order valence-corrected chi connectivity index (χ0v) is 14.4. The molecule has 6 heteroatoms. The van der Waals surface area contributed by atoms with E-state index in [1.807, 2.05) is 43.3 Å². The van der Waals surface area contributed by atoms with Crippen LogP contribution in [0, 0.1) is 0 Å². The van der Waals surface area contributed by atoms with Gasteiger partial charge in [-0.05, 0) is 43.3 Å². The zero-order valence-electron chi connectivity index (χ0n) is 13.6. The zero-order chi connectivity index (χ0) is 16.9. The number of amides is 1. The molecule has 1 heterocycles. The predicted octanol–water partition coefficient (Wildman–Crippen LogP) is 3.74. The lowest BCUT2D eigenvalue weighted by atomic mass is 10.3. The molecule has 0 unspecified atom stereocenters. The summed E-state index contributed by atoms with van der Waals surface area (Å²) in [7, 11) is 1.71.